The minimum atomic E-state index is -0.0378. The highest BCUT2D eigenvalue weighted by molar-refractivity contribution is 5.93. The van der Waals surface area contributed by atoms with Gasteiger partial charge in [0, 0.05) is 12.0 Å². The van der Waals surface area contributed by atoms with Crippen molar-refractivity contribution in [3.8, 4) is 5.69 Å². The number of nitrogens with zero attached hydrogens (tertiary/aromatic N) is 2. The van der Waals surface area contributed by atoms with Gasteiger partial charge in [0.05, 0.1) is 11.4 Å². The molecule has 0 saturated heterocycles. The summed E-state index contributed by atoms with van der Waals surface area (Å²) in [6.45, 7) is 4.18. The summed E-state index contributed by atoms with van der Waals surface area (Å²) in [5, 5.41) is 7.75. The summed E-state index contributed by atoms with van der Waals surface area (Å²) in [5.74, 6) is 0.494. The molecule has 0 bridgehead atoms. The highest BCUT2D eigenvalue weighted by Gasteiger charge is 2.29. The van der Waals surface area contributed by atoms with Crippen LogP contribution < -0.4 is 5.32 Å². The summed E-state index contributed by atoms with van der Waals surface area (Å²) in [6.07, 6.45) is 4.41. The van der Waals surface area contributed by atoms with Crippen LogP contribution in [-0.4, -0.2) is 21.7 Å². The number of benzene rings is 1. The molecule has 1 heterocycles. The molecule has 1 atom stereocenters. The minimum Gasteiger partial charge on any atom is -0.348 e. The van der Waals surface area contributed by atoms with Crippen LogP contribution in [0.3, 0.4) is 0 Å². The smallest absolute Gasteiger partial charge is 0.270 e. The Bertz CT molecular complexity index is 644. The number of para-hydroxylation sites is 1. The lowest BCUT2D eigenvalue weighted by Gasteiger charge is -2.13. The molecule has 22 heavy (non-hydrogen) atoms. The van der Waals surface area contributed by atoms with E-state index in [1.165, 1.54) is 12.8 Å². The topological polar surface area (TPSA) is 46.9 Å². The fraction of sp³-hybridized carbons (Fsp3) is 0.444. The normalized spacial score (nSPS) is 15.5. The molecule has 1 amide bonds. The maximum Gasteiger partial charge on any atom is 0.270 e. The lowest BCUT2D eigenvalue weighted by Crippen LogP contribution is -2.33. The van der Waals surface area contributed by atoms with Crippen LogP contribution in [0.5, 0.6) is 0 Å². The molecule has 0 spiro atoms. The van der Waals surface area contributed by atoms with Crippen molar-refractivity contribution in [1.82, 2.24) is 15.1 Å². The van der Waals surface area contributed by atoms with Crippen molar-refractivity contribution in [2.24, 2.45) is 0 Å². The summed E-state index contributed by atoms with van der Waals surface area (Å²) in [4.78, 5) is 12.6. The van der Waals surface area contributed by atoms with E-state index in [2.05, 4.69) is 17.3 Å². The maximum absolute atomic E-state index is 12.6. The van der Waals surface area contributed by atoms with Crippen molar-refractivity contribution >= 4 is 5.91 Å². The van der Waals surface area contributed by atoms with E-state index in [1.54, 1.807) is 4.68 Å². The first-order valence-corrected chi connectivity index (χ1v) is 8.15. The number of rotatable bonds is 6. The molecule has 1 N–H and O–H groups in total. The lowest BCUT2D eigenvalue weighted by atomic mass is 10.2. The first-order valence-electron chi connectivity index (χ1n) is 8.15. The molecule has 1 aromatic heterocycles. The van der Waals surface area contributed by atoms with Crippen LogP contribution in [0.2, 0.25) is 0 Å². The zero-order chi connectivity index (χ0) is 15.5. The predicted octanol–water partition coefficient (Wildman–Crippen LogP) is 3.67. The van der Waals surface area contributed by atoms with Gasteiger partial charge in [-0.25, -0.2) is 4.68 Å². The highest BCUT2D eigenvalue weighted by Crippen LogP contribution is 2.39. The Labute approximate surface area is 131 Å². The third-order valence-corrected chi connectivity index (χ3v) is 4.06. The second-order valence-corrected chi connectivity index (χ2v) is 6.14. The third kappa shape index (κ3) is 3.21. The third-order valence-electron chi connectivity index (χ3n) is 4.06. The van der Waals surface area contributed by atoms with E-state index >= 15 is 0 Å². The van der Waals surface area contributed by atoms with Crippen molar-refractivity contribution in [2.45, 2.75) is 51.5 Å². The molecular weight excluding hydrogens is 274 g/mol. The molecule has 1 aliphatic rings. The summed E-state index contributed by atoms with van der Waals surface area (Å²) >= 11 is 0. The molecule has 4 nitrogen and oxygen atoms in total. The van der Waals surface area contributed by atoms with Crippen molar-refractivity contribution in [2.75, 3.05) is 0 Å². The second kappa shape index (κ2) is 6.34. The Morgan fingerprint density at radius 1 is 1.36 bits per heavy atom. The number of carbonyl (C=O) groups is 1. The number of aromatic nitrogens is 2. The van der Waals surface area contributed by atoms with Crippen molar-refractivity contribution < 1.29 is 4.79 Å². The molecular formula is C18H23N3O. The van der Waals surface area contributed by atoms with Gasteiger partial charge in [0.15, 0.2) is 0 Å². The standard InChI is InChI=1S/C18H23N3O/c1-3-7-13(2)19-18(22)17-12-16(14-10-11-14)20-21(17)15-8-5-4-6-9-15/h4-6,8-9,12-14H,3,7,10-11H2,1-2H3,(H,19,22). The van der Waals surface area contributed by atoms with Crippen LogP contribution in [0.25, 0.3) is 5.69 Å². The summed E-state index contributed by atoms with van der Waals surface area (Å²) in [5.41, 5.74) is 2.61. The van der Waals surface area contributed by atoms with Crippen LogP contribution in [0.1, 0.15) is 61.6 Å². The molecule has 1 unspecified atom stereocenters. The van der Waals surface area contributed by atoms with Gasteiger partial charge < -0.3 is 5.32 Å². The number of amides is 1. The monoisotopic (exact) mass is 297 g/mol. The largest absolute Gasteiger partial charge is 0.348 e. The zero-order valence-corrected chi connectivity index (χ0v) is 13.2. The molecule has 0 aliphatic heterocycles. The van der Waals surface area contributed by atoms with Gasteiger partial charge in [-0.2, -0.15) is 5.10 Å². The van der Waals surface area contributed by atoms with Gasteiger partial charge in [0.2, 0.25) is 0 Å². The van der Waals surface area contributed by atoms with E-state index < -0.39 is 0 Å². The maximum atomic E-state index is 12.6. The van der Waals surface area contributed by atoms with Gasteiger partial charge in [-0.15, -0.1) is 0 Å². The van der Waals surface area contributed by atoms with Gasteiger partial charge in [-0.1, -0.05) is 31.5 Å². The Morgan fingerprint density at radius 2 is 2.09 bits per heavy atom. The fourth-order valence-corrected chi connectivity index (χ4v) is 2.71. The van der Waals surface area contributed by atoms with E-state index in [0.29, 0.717) is 11.6 Å². The molecule has 1 aromatic carbocycles. The number of nitrogens with one attached hydrogen (secondary N) is 1. The van der Waals surface area contributed by atoms with Gasteiger partial charge in [0.25, 0.3) is 5.91 Å². The lowest BCUT2D eigenvalue weighted by molar-refractivity contribution is 0.0930. The van der Waals surface area contributed by atoms with Crippen molar-refractivity contribution in [3.05, 3.63) is 47.8 Å². The van der Waals surface area contributed by atoms with E-state index in [9.17, 15) is 4.79 Å². The second-order valence-electron chi connectivity index (χ2n) is 6.14. The van der Waals surface area contributed by atoms with E-state index in [0.717, 1.165) is 24.2 Å². The quantitative estimate of drug-likeness (QED) is 0.884. The van der Waals surface area contributed by atoms with Gasteiger partial charge in [-0.05, 0) is 44.4 Å². The van der Waals surface area contributed by atoms with Gasteiger partial charge in [0.1, 0.15) is 5.69 Å². The molecule has 3 rings (SSSR count). The van der Waals surface area contributed by atoms with Crippen LogP contribution in [0, 0.1) is 0 Å². The molecule has 0 radical (unpaired) electrons. The van der Waals surface area contributed by atoms with Crippen LogP contribution in [-0.2, 0) is 0 Å². The highest BCUT2D eigenvalue weighted by atomic mass is 16.2. The SMILES string of the molecule is CCCC(C)NC(=O)c1cc(C2CC2)nn1-c1ccccc1. The Kier molecular flexibility index (Phi) is 4.27. The Balaban J connectivity index is 1.90. The van der Waals surface area contributed by atoms with Gasteiger partial charge >= 0.3 is 0 Å². The Morgan fingerprint density at radius 3 is 2.73 bits per heavy atom. The molecule has 1 saturated carbocycles. The minimum absolute atomic E-state index is 0.0378. The average molecular weight is 297 g/mol. The molecule has 116 valence electrons. The van der Waals surface area contributed by atoms with Crippen molar-refractivity contribution in [1.29, 1.82) is 0 Å². The molecule has 1 aliphatic carbocycles. The van der Waals surface area contributed by atoms with Crippen LogP contribution >= 0.6 is 0 Å². The fourth-order valence-electron chi connectivity index (χ4n) is 2.71. The first-order chi connectivity index (χ1) is 10.7. The first kappa shape index (κ1) is 14.8. The van der Waals surface area contributed by atoms with Crippen LogP contribution in [0.15, 0.2) is 36.4 Å². The summed E-state index contributed by atoms with van der Waals surface area (Å²) in [6, 6.07) is 12.0. The van der Waals surface area contributed by atoms with Gasteiger partial charge in [-0.3, -0.25) is 4.79 Å². The Hall–Kier alpha value is -2.10. The molecule has 4 heteroatoms. The van der Waals surface area contributed by atoms with E-state index in [-0.39, 0.29) is 11.9 Å². The summed E-state index contributed by atoms with van der Waals surface area (Å²) in [7, 11) is 0. The predicted molar refractivity (Wildman–Crippen MR) is 87.4 cm³/mol. The van der Waals surface area contributed by atoms with Crippen LogP contribution in [0.4, 0.5) is 0 Å². The number of hydrogen-bond donors (Lipinski definition) is 1. The summed E-state index contributed by atoms with van der Waals surface area (Å²) < 4.78 is 1.78. The molecule has 2 aromatic rings. The van der Waals surface area contributed by atoms with E-state index in [1.807, 2.05) is 43.3 Å². The number of hydrogen-bond acceptors (Lipinski definition) is 2. The molecule has 1 fully saturated rings. The number of carbonyl (C=O) groups excluding carboxylic acids is 1. The average Bonchev–Trinajstić information content (AvgIpc) is 3.27. The zero-order valence-electron chi connectivity index (χ0n) is 13.2. The van der Waals surface area contributed by atoms with E-state index in [4.69, 9.17) is 0 Å². The van der Waals surface area contributed by atoms with Crippen molar-refractivity contribution in [3.63, 3.8) is 0 Å².